The average Bonchev–Trinajstić information content (AvgIpc) is 3.05. The maximum Gasteiger partial charge on any atom is 0.347 e. The molecule has 132 valence electrons. The number of nitrogens with zero attached hydrogens (tertiary/aromatic N) is 3. The summed E-state index contributed by atoms with van der Waals surface area (Å²) in [6, 6.07) is 10.8. The highest BCUT2D eigenvalue weighted by Gasteiger charge is 2.19. The molecule has 0 fully saturated rings. The molecule has 2 heterocycles. The molecule has 3 aromatic rings. The lowest BCUT2D eigenvalue weighted by molar-refractivity contribution is 0.0732. The first-order valence-electron chi connectivity index (χ1n) is 8.10. The number of carbonyl (C=O) groups excluding carboxylic acids is 1. The first-order chi connectivity index (χ1) is 12.6. The molecule has 0 N–H and O–H groups in total. The monoisotopic (exact) mass is 349 g/mol. The molecule has 3 rings (SSSR count). The van der Waals surface area contributed by atoms with Crippen LogP contribution >= 0.6 is 0 Å². The van der Waals surface area contributed by atoms with Gasteiger partial charge in [-0.15, -0.1) is 6.58 Å². The van der Waals surface area contributed by atoms with Crippen molar-refractivity contribution in [2.75, 3.05) is 7.11 Å². The van der Waals surface area contributed by atoms with Crippen molar-refractivity contribution in [1.29, 1.82) is 0 Å². The standard InChI is InChI=1S/C20H19N3O3/c1-4-7-15-12-16(25-3)9-10-18(15)26-20(24)17-13-22-23(14(17)2)19-8-5-6-11-21-19/h4-6,8-13H,1,7H2,2-3H3. The number of methoxy groups -OCH3 is 1. The van der Waals surface area contributed by atoms with Crippen molar-refractivity contribution in [3.8, 4) is 17.3 Å². The smallest absolute Gasteiger partial charge is 0.347 e. The minimum Gasteiger partial charge on any atom is -0.497 e. The van der Waals surface area contributed by atoms with Gasteiger partial charge in [-0.1, -0.05) is 12.1 Å². The molecule has 0 bridgehead atoms. The van der Waals surface area contributed by atoms with E-state index in [1.807, 2.05) is 24.3 Å². The summed E-state index contributed by atoms with van der Waals surface area (Å²) in [6.07, 6.45) is 5.47. The third-order valence-electron chi connectivity index (χ3n) is 3.93. The van der Waals surface area contributed by atoms with Crippen LogP contribution in [0.4, 0.5) is 0 Å². The van der Waals surface area contributed by atoms with E-state index < -0.39 is 5.97 Å². The second kappa shape index (κ2) is 7.65. The van der Waals surface area contributed by atoms with Gasteiger partial charge in [0.2, 0.25) is 0 Å². The van der Waals surface area contributed by atoms with Gasteiger partial charge in [-0.2, -0.15) is 5.10 Å². The lowest BCUT2D eigenvalue weighted by atomic mass is 10.1. The highest BCUT2D eigenvalue weighted by molar-refractivity contribution is 5.92. The van der Waals surface area contributed by atoms with Gasteiger partial charge in [0.15, 0.2) is 5.82 Å². The van der Waals surface area contributed by atoms with Gasteiger partial charge < -0.3 is 9.47 Å². The van der Waals surface area contributed by atoms with Gasteiger partial charge in [0, 0.05) is 11.8 Å². The Hall–Kier alpha value is -3.41. The van der Waals surface area contributed by atoms with Crippen LogP contribution in [0.1, 0.15) is 21.6 Å². The summed E-state index contributed by atoms with van der Waals surface area (Å²) < 4.78 is 12.4. The topological polar surface area (TPSA) is 66.2 Å². The Balaban J connectivity index is 1.87. The number of ether oxygens (including phenoxy) is 2. The summed E-state index contributed by atoms with van der Waals surface area (Å²) in [5.41, 5.74) is 1.87. The molecule has 0 aliphatic carbocycles. The van der Waals surface area contributed by atoms with Crippen LogP contribution in [0.2, 0.25) is 0 Å². The molecular weight excluding hydrogens is 330 g/mol. The van der Waals surface area contributed by atoms with Crippen molar-refractivity contribution in [3.05, 3.63) is 78.3 Å². The zero-order valence-electron chi connectivity index (χ0n) is 14.7. The zero-order valence-corrected chi connectivity index (χ0v) is 14.7. The van der Waals surface area contributed by atoms with Gasteiger partial charge in [0.25, 0.3) is 0 Å². The fourth-order valence-corrected chi connectivity index (χ4v) is 2.57. The third kappa shape index (κ3) is 3.49. The number of carbonyl (C=O) groups is 1. The van der Waals surface area contributed by atoms with Gasteiger partial charge in [0.1, 0.15) is 17.1 Å². The minimum atomic E-state index is -0.472. The Labute approximate surface area is 151 Å². The minimum absolute atomic E-state index is 0.385. The van der Waals surface area contributed by atoms with Crippen molar-refractivity contribution in [2.45, 2.75) is 13.3 Å². The summed E-state index contributed by atoms with van der Waals surface area (Å²) in [5, 5.41) is 4.25. The van der Waals surface area contributed by atoms with Crippen LogP contribution in [0.25, 0.3) is 5.82 Å². The highest BCUT2D eigenvalue weighted by atomic mass is 16.5. The molecule has 0 saturated heterocycles. The van der Waals surface area contributed by atoms with E-state index in [2.05, 4.69) is 16.7 Å². The second-order valence-electron chi connectivity index (χ2n) is 5.60. The quantitative estimate of drug-likeness (QED) is 0.387. The van der Waals surface area contributed by atoms with Gasteiger partial charge in [-0.3, -0.25) is 0 Å². The van der Waals surface area contributed by atoms with Crippen molar-refractivity contribution >= 4 is 5.97 Å². The summed E-state index contributed by atoms with van der Waals surface area (Å²) in [5.74, 6) is 1.34. The van der Waals surface area contributed by atoms with E-state index in [1.165, 1.54) is 6.20 Å². The fraction of sp³-hybridized carbons (Fsp3) is 0.150. The predicted octanol–water partition coefficient (Wildman–Crippen LogP) is 3.53. The van der Waals surface area contributed by atoms with E-state index in [0.717, 1.165) is 5.56 Å². The molecule has 0 aliphatic heterocycles. The van der Waals surface area contributed by atoms with Crippen LogP contribution in [0.3, 0.4) is 0 Å². The molecule has 0 unspecified atom stereocenters. The Bertz CT molecular complexity index is 933. The van der Waals surface area contributed by atoms with E-state index in [-0.39, 0.29) is 0 Å². The number of hydrogen-bond acceptors (Lipinski definition) is 5. The molecule has 0 amide bonds. The molecule has 6 heteroatoms. The number of hydrogen-bond donors (Lipinski definition) is 0. The number of pyridine rings is 1. The Morgan fingerprint density at radius 2 is 2.15 bits per heavy atom. The van der Waals surface area contributed by atoms with Crippen molar-refractivity contribution in [1.82, 2.24) is 14.8 Å². The predicted molar refractivity (Wildman–Crippen MR) is 97.9 cm³/mol. The average molecular weight is 349 g/mol. The van der Waals surface area contributed by atoms with Crippen LogP contribution in [-0.4, -0.2) is 27.8 Å². The number of aromatic nitrogens is 3. The Morgan fingerprint density at radius 1 is 1.31 bits per heavy atom. The maximum atomic E-state index is 12.6. The second-order valence-corrected chi connectivity index (χ2v) is 5.60. The maximum absolute atomic E-state index is 12.6. The number of benzene rings is 1. The Morgan fingerprint density at radius 3 is 2.85 bits per heavy atom. The number of rotatable bonds is 6. The largest absolute Gasteiger partial charge is 0.497 e. The fourth-order valence-electron chi connectivity index (χ4n) is 2.57. The van der Waals surface area contributed by atoms with E-state index in [4.69, 9.17) is 9.47 Å². The molecule has 0 spiro atoms. The highest BCUT2D eigenvalue weighted by Crippen LogP contribution is 2.26. The van der Waals surface area contributed by atoms with Gasteiger partial charge in [-0.25, -0.2) is 14.5 Å². The molecule has 0 atom stereocenters. The molecule has 1 aromatic carbocycles. The molecule has 0 aliphatic rings. The molecule has 2 aromatic heterocycles. The number of allylic oxidation sites excluding steroid dienone is 1. The molecule has 0 saturated carbocycles. The van der Waals surface area contributed by atoms with E-state index >= 15 is 0 Å². The van der Waals surface area contributed by atoms with Crippen LogP contribution < -0.4 is 9.47 Å². The van der Waals surface area contributed by atoms with Gasteiger partial charge in [-0.05, 0) is 43.7 Å². The summed E-state index contributed by atoms with van der Waals surface area (Å²) in [4.78, 5) is 16.9. The van der Waals surface area contributed by atoms with Crippen LogP contribution in [-0.2, 0) is 6.42 Å². The Kier molecular flexibility index (Phi) is 5.12. The lowest BCUT2D eigenvalue weighted by Crippen LogP contribution is -2.11. The van der Waals surface area contributed by atoms with E-state index in [1.54, 1.807) is 43.1 Å². The number of esters is 1. The molecule has 6 nitrogen and oxygen atoms in total. The molecule has 26 heavy (non-hydrogen) atoms. The SMILES string of the molecule is C=CCc1cc(OC)ccc1OC(=O)c1cnn(-c2ccccn2)c1C. The van der Waals surface area contributed by atoms with Gasteiger partial charge >= 0.3 is 5.97 Å². The summed E-state index contributed by atoms with van der Waals surface area (Å²) >= 11 is 0. The zero-order chi connectivity index (χ0) is 18.5. The molecule has 0 radical (unpaired) electrons. The van der Waals surface area contributed by atoms with Crippen molar-refractivity contribution in [2.24, 2.45) is 0 Å². The van der Waals surface area contributed by atoms with Crippen LogP contribution in [0.5, 0.6) is 11.5 Å². The van der Waals surface area contributed by atoms with Crippen molar-refractivity contribution in [3.63, 3.8) is 0 Å². The normalized spacial score (nSPS) is 10.4. The summed E-state index contributed by atoms with van der Waals surface area (Å²) in [7, 11) is 1.59. The third-order valence-corrected chi connectivity index (χ3v) is 3.93. The van der Waals surface area contributed by atoms with E-state index in [9.17, 15) is 4.79 Å². The molecular formula is C20H19N3O3. The van der Waals surface area contributed by atoms with Crippen LogP contribution in [0, 0.1) is 6.92 Å². The van der Waals surface area contributed by atoms with E-state index in [0.29, 0.717) is 35.0 Å². The van der Waals surface area contributed by atoms with Crippen LogP contribution in [0.15, 0.2) is 61.4 Å². The lowest BCUT2D eigenvalue weighted by Gasteiger charge is -2.10. The van der Waals surface area contributed by atoms with Gasteiger partial charge in [0.05, 0.1) is 19.0 Å². The first-order valence-corrected chi connectivity index (χ1v) is 8.10. The first kappa shape index (κ1) is 17.4. The summed E-state index contributed by atoms with van der Waals surface area (Å²) in [6.45, 7) is 5.54. The van der Waals surface area contributed by atoms with Crippen molar-refractivity contribution < 1.29 is 14.3 Å².